The molecule has 3 heteroatoms. The van der Waals surface area contributed by atoms with Crippen molar-refractivity contribution in [1.29, 1.82) is 0 Å². The fraction of sp³-hybridized carbons (Fsp3) is 1.00. The lowest BCUT2D eigenvalue weighted by Crippen LogP contribution is -2.52. The molecular formula is C13H26N2O. The van der Waals surface area contributed by atoms with E-state index in [2.05, 4.69) is 23.8 Å². The molecule has 3 nitrogen and oxygen atoms in total. The molecule has 2 rings (SSSR count). The molecule has 1 N–H and O–H groups in total. The summed E-state index contributed by atoms with van der Waals surface area (Å²) in [6, 6.07) is 0.715. The fourth-order valence-electron chi connectivity index (χ4n) is 3.18. The van der Waals surface area contributed by atoms with E-state index in [1.807, 2.05) is 0 Å². The van der Waals surface area contributed by atoms with Gasteiger partial charge in [0.2, 0.25) is 0 Å². The average Bonchev–Trinajstić information content (AvgIpc) is 2.67. The third-order valence-electron chi connectivity index (χ3n) is 4.44. The highest BCUT2D eigenvalue weighted by molar-refractivity contribution is 4.84. The summed E-state index contributed by atoms with van der Waals surface area (Å²) in [7, 11) is 2.23. The highest BCUT2D eigenvalue weighted by Gasteiger charge is 2.30. The Morgan fingerprint density at radius 3 is 2.69 bits per heavy atom. The molecule has 1 heterocycles. The van der Waals surface area contributed by atoms with Gasteiger partial charge < -0.3 is 14.9 Å². The average molecular weight is 226 g/mol. The Morgan fingerprint density at radius 2 is 2.06 bits per heavy atom. The second kappa shape index (κ2) is 5.48. The van der Waals surface area contributed by atoms with Gasteiger partial charge in [-0.2, -0.15) is 0 Å². The van der Waals surface area contributed by atoms with E-state index >= 15 is 0 Å². The second-order valence-electron chi connectivity index (χ2n) is 5.56. The smallest absolute Gasteiger partial charge is 0.0580 e. The van der Waals surface area contributed by atoms with E-state index in [0.29, 0.717) is 12.0 Å². The van der Waals surface area contributed by atoms with E-state index < -0.39 is 0 Å². The molecule has 0 aromatic rings. The maximum atomic E-state index is 9.86. The monoisotopic (exact) mass is 226 g/mol. The van der Waals surface area contributed by atoms with Crippen LogP contribution in [0.4, 0.5) is 0 Å². The van der Waals surface area contributed by atoms with Crippen LogP contribution in [0, 0.1) is 5.92 Å². The molecular weight excluding hydrogens is 200 g/mol. The van der Waals surface area contributed by atoms with Crippen LogP contribution in [0.25, 0.3) is 0 Å². The summed E-state index contributed by atoms with van der Waals surface area (Å²) in [4.78, 5) is 5.04. The molecule has 0 spiro atoms. The second-order valence-corrected chi connectivity index (χ2v) is 5.56. The maximum absolute atomic E-state index is 9.86. The number of aliphatic hydroxyl groups excluding tert-OH is 1. The van der Waals surface area contributed by atoms with Gasteiger partial charge in [0.1, 0.15) is 0 Å². The van der Waals surface area contributed by atoms with Crippen molar-refractivity contribution in [3.05, 3.63) is 0 Å². The Labute approximate surface area is 99.4 Å². The summed E-state index contributed by atoms with van der Waals surface area (Å²) in [6.45, 7) is 6.94. The van der Waals surface area contributed by atoms with Crippen molar-refractivity contribution in [2.75, 3.05) is 33.2 Å². The molecule has 3 unspecified atom stereocenters. The quantitative estimate of drug-likeness (QED) is 0.782. The topological polar surface area (TPSA) is 26.7 Å². The minimum Gasteiger partial charge on any atom is -0.393 e. The Bertz CT molecular complexity index is 222. The van der Waals surface area contributed by atoms with Crippen molar-refractivity contribution in [3.63, 3.8) is 0 Å². The first kappa shape index (κ1) is 12.3. The van der Waals surface area contributed by atoms with Crippen molar-refractivity contribution in [2.45, 2.75) is 44.8 Å². The fourth-order valence-corrected chi connectivity index (χ4v) is 3.18. The minimum absolute atomic E-state index is 0.0280. The summed E-state index contributed by atoms with van der Waals surface area (Å²) in [5, 5.41) is 9.86. The number of hydrogen-bond donors (Lipinski definition) is 1. The van der Waals surface area contributed by atoms with Crippen molar-refractivity contribution < 1.29 is 5.11 Å². The first-order valence-electron chi connectivity index (χ1n) is 6.81. The van der Waals surface area contributed by atoms with Crippen LogP contribution in [-0.4, -0.2) is 60.3 Å². The highest BCUT2D eigenvalue weighted by Crippen LogP contribution is 2.27. The molecule has 0 bridgehead atoms. The first-order valence-corrected chi connectivity index (χ1v) is 6.81. The lowest BCUT2D eigenvalue weighted by Gasteiger charge is -2.40. The molecule has 0 aromatic heterocycles. The number of rotatable bonds is 3. The van der Waals surface area contributed by atoms with Gasteiger partial charge >= 0.3 is 0 Å². The molecule has 1 aliphatic heterocycles. The van der Waals surface area contributed by atoms with Gasteiger partial charge in [0.25, 0.3) is 0 Å². The molecule has 16 heavy (non-hydrogen) atoms. The van der Waals surface area contributed by atoms with Crippen molar-refractivity contribution in [1.82, 2.24) is 9.80 Å². The lowest BCUT2D eigenvalue weighted by atomic mass is 10.0. The van der Waals surface area contributed by atoms with Crippen molar-refractivity contribution in [3.8, 4) is 0 Å². The zero-order valence-electron chi connectivity index (χ0n) is 10.7. The molecule has 0 radical (unpaired) electrons. The van der Waals surface area contributed by atoms with Crippen LogP contribution in [0.5, 0.6) is 0 Å². The third kappa shape index (κ3) is 2.76. The highest BCUT2D eigenvalue weighted by atomic mass is 16.3. The van der Waals surface area contributed by atoms with Gasteiger partial charge in [-0.05, 0) is 32.2 Å². The normalized spacial score (nSPS) is 38.1. The third-order valence-corrected chi connectivity index (χ3v) is 4.44. The molecule has 3 atom stereocenters. The predicted molar refractivity (Wildman–Crippen MR) is 66.5 cm³/mol. The Kier molecular flexibility index (Phi) is 4.22. The summed E-state index contributed by atoms with van der Waals surface area (Å²) >= 11 is 0. The Hall–Kier alpha value is -0.120. The SMILES string of the molecule is CCC1CN(CC2CCCC2O)CCN1C. The molecule has 2 fully saturated rings. The van der Waals surface area contributed by atoms with Gasteiger partial charge in [0, 0.05) is 32.2 Å². The van der Waals surface area contributed by atoms with Crippen LogP contribution >= 0.6 is 0 Å². The molecule has 1 saturated carbocycles. The molecule has 1 saturated heterocycles. The number of aliphatic hydroxyl groups is 1. The number of likely N-dealkylation sites (N-methyl/N-ethyl adjacent to an activating group) is 1. The van der Waals surface area contributed by atoms with Crippen molar-refractivity contribution >= 4 is 0 Å². The number of piperazine rings is 1. The summed E-state index contributed by atoms with van der Waals surface area (Å²) < 4.78 is 0. The Balaban J connectivity index is 1.81. The van der Waals surface area contributed by atoms with Crippen LogP contribution < -0.4 is 0 Å². The van der Waals surface area contributed by atoms with E-state index in [9.17, 15) is 5.11 Å². The van der Waals surface area contributed by atoms with Gasteiger partial charge in [0.05, 0.1) is 6.10 Å². The first-order chi connectivity index (χ1) is 7.70. The van der Waals surface area contributed by atoms with Gasteiger partial charge in [-0.3, -0.25) is 0 Å². The largest absolute Gasteiger partial charge is 0.393 e. The van der Waals surface area contributed by atoms with Crippen LogP contribution in [0.2, 0.25) is 0 Å². The molecule has 0 aromatic carbocycles. The summed E-state index contributed by atoms with van der Waals surface area (Å²) in [5.74, 6) is 0.543. The summed E-state index contributed by atoms with van der Waals surface area (Å²) in [5.41, 5.74) is 0. The van der Waals surface area contributed by atoms with Crippen molar-refractivity contribution in [2.24, 2.45) is 5.92 Å². The number of hydrogen-bond acceptors (Lipinski definition) is 3. The molecule has 2 aliphatic rings. The minimum atomic E-state index is -0.0280. The zero-order chi connectivity index (χ0) is 11.5. The standard InChI is InChI=1S/C13H26N2O/c1-3-12-10-15(8-7-14(12)2)9-11-5-4-6-13(11)16/h11-13,16H,3-10H2,1-2H3. The van der Waals surface area contributed by atoms with Crippen LogP contribution in [0.3, 0.4) is 0 Å². The molecule has 0 amide bonds. The van der Waals surface area contributed by atoms with E-state index in [0.717, 1.165) is 13.0 Å². The summed E-state index contributed by atoms with van der Waals surface area (Å²) in [6.07, 6.45) is 4.68. The molecule has 94 valence electrons. The number of nitrogens with zero attached hydrogens (tertiary/aromatic N) is 2. The van der Waals surface area contributed by atoms with Gasteiger partial charge in [-0.1, -0.05) is 13.3 Å². The van der Waals surface area contributed by atoms with Crippen LogP contribution in [0.15, 0.2) is 0 Å². The Morgan fingerprint density at radius 1 is 1.25 bits per heavy atom. The van der Waals surface area contributed by atoms with E-state index in [4.69, 9.17) is 0 Å². The van der Waals surface area contributed by atoms with E-state index in [1.54, 1.807) is 0 Å². The predicted octanol–water partition coefficient (Wildman–Crippen LogP) is 1.17. The van der Waals surface area contributed by atoms with Gasteiger partial charge in [-0.25, -0.2) is 0 Å². The van der Waals surface area contributed by atoms with Gasteiger partial charge in [0.15, 0.2) is 0 Å². The maximum Gasteiger partial charge on any atom is 0.0580 e. The van der Waals surface area contributed by atoms with Crippen LogP contribution in [-0.2, 0) is 0 Å². The van der Waals surface area contributed by atoms with Crippen LogP contribution in [0.1, 0.15) is 32.6 Å². The zero-order valence-corrected chi connectivity index (χ0v) is 10.7. The molecule has 1 aliphatic carbocycles. The lowest BCUT2D eigenvalue weighted by molar-refractivity contribution is 0.0541. The van der Waals surface area contributed by atoms with E-state index in [1.165, 1.54) is 38.9 Å². The van der Waals surface area contributed by atoms with E-state index in [-0.39, 0.29) is 6.10 Å². The van der Waals surface area contributed by atoms with Gasteiger partial charge in [-0.15, -0.1) is 0 Å².